The van der Waals surface area contributed by atoms with Crippen molar-refractivity contribution in [1.82, 2.24) is 19.7 Å². The van der Waals surface area contributed by atoms with Crippen LogP contribution in [0.15, 0.2) is 78.2 Å². The van der Waals surface area contributed by atoms with Crippen molar-refractivity contribution in [3.05, 3.63) is 83.6 Å². The van der Waals surface area contributed by atoms with Gasteiger partial charge in [-0.15, -0.1) is 10.2 Å². The molecule has 0 aliphatic rings. The molecule has 32 heavy (non-hydrogen) atoms. The fourth-order valence-electron chi connectivity index (χ4n) is 2.95. The van der Waals surface area contributed by atoms with E-state index in [1.54, 1.807) is 35.2 Å². The highest BCUT2D eigenvalue weighted by molar-refractivity contribution is 7.99. The summed E-state index contributed by atoms with van der Waals surface area (Å²) in [5, 5.41) is 23.2. The lowest BCUT2D eigenvalue weighted by atomic mass is 10.2. The normalized spacial score (nSPS) is 10.7. The number of carbonyl (C=O) groups excluding carboxylic acids is 2. The molecule has 2 aromatic carbocycles. The number of carboxylic acid groups (broad SMARTS) is 1. The number of hydrogen-bond donors (Lipinski definition) is 1. The minimum absolute atomic E-state index is 0.0185. The molecule has 0 atom stereocenters. The summed E-state index contributed by atoms with van der Waals surface area (Å²) in [6.45, 7) is 0. The van der Waals surface area contributed by atoms with Crippen LogP contribution in [-0.2, 0) is 4.79 Å². The molecule has 0 unspecified atom stereocenters. The number of rotatable bonds is 7. The summed E-state index contributed by atoms with van der Waals surface area (Å²) in [6.07, 6.45) is 3.33. The lowest BCUT2D eigenvalue weighted by Crippen LogP contribution is -2.22. The van der Waals surface area contributed by atoms with Crippen LogP contribution in [0, 0.1) is 0 Å². The summed E-state index contributed by atoms with van der Waals surface area (Å²) in [4.78, 5) is 27.6. The maximum Gasteiger partial charge on any atom is 0.234 e. The first-order valence-electron chi connectivity index (χ1n) is 9.37. The lowest BCUT2D eigenvalue weighted by molar-refractivity contribution is -0.255. The topological polar surface area (TPSA) is 113 Å². The predicted octanol–water partition coefficient (Wildman–Crippen LogP) is 3.08. The number of aromatic carboxylic acids is 1. The van der Waals surface area contributed by atoms with Gasteiger partial charge in [-0.1, -0.05) is 47.6 Å². The summed E-state index contributed by atoms with van der Waals surface area (Å²) in [5.74, 6) is -1.09. The Bertz CT molecular complexity index is 1280. The number of pyridine rings is 1. The van der Waals surface area contributed by atoms with Crippen LogP contribution in [0.4, 0.5) is 5.69 Å². The second kappa shape index (κ2) is 9.63. The summed E-state index contributed by atoms with van der Waals surface area (Å²) in [7, 11) is 0. The third kappa shape index (κ3) is 4.79. The Morgan fingerprint density at radius 1 is 1.06 bits per heavy atom. The maximum atomic E-state index is 12.5. The molecule has 4 aromatic rings. The average Bonchev–Trinajstić information content (AvgIpc) is 3.22. The molecule has 1 N–H and O–H groups in total. The molecular formula is C22H15ClN5O3S-. The van der Waals surface area contributed by atoms with E-state index in [0.29, 0.717) is 27.4 Å². The standard InChI is InChI=1S/C22H16ClN5O3S/c23-17-8-1-2-9-18(17)28-20(15-6-4-10-24-12-15)26-27-22(28)32-13-19(29)25-16-7-3-5-14(11-16)21(30)31/h1-12H,13H2,(H,25,29)(H,30,31)/p-1. The van der Waals surface area contributed by atoms with Gasteiger partial charge < -0.3 is 15.2 Å². The van der Waals surface area contributed by atoms with Gasteiger partial charge in [-0.25, -0.2) is 0 Å². The number of aromatic nitrogens is 4. The van der Waals surface area contributed by atoms with Crippen molar-refractivity contribution in [3.8, 4) is 17.1 Å². The highest BCUT2D eigenvalue weighted by Crippen LogP contribution is 2.31. The molecule has 0 radical (unpaired) electrons. The van der Waals surface area contributed by atoms with Crippen LogP contribution >= 0.6 is 23.4 Å². The molecule has 4 rings (SSSR count). The zero-order valence-electron chi connectivity index (χ0n) is 16.4. The van der Waals surface area contributed by atoms with Crippen molar-refractivity contribution in [2.45, 2.75) is 5.16 Å². The lowest BCUT2D eigenvalue weighted by Gasteiger charge is -2.12. The fourth-order valence-corrected chi connectivity index (χ4v) is 3.91. The molecule has 160 valence electrons. The number of amides is 1. The van der Waals surface area contributed by atoms with Crippen LogP contribution in [0.2, 0.25) is 5.02 Å². The molecule has 0 saturated heterocycles. The summed E-state index contributed by atoms with van der Waals surface area (Å²) < 4.78 is 1.77. The first-order chi connectivity index (χ1) is 15.5. The van der Waals surface area contributed by atoms with Crippen molar-refractivity contribution in [1.29, 1.82) is 0 Å². The number of anilines is 1. The van der Waals surface area contributed by atoms with Crippen molar-refractivity contribution >= 4 is 40.9 Å². The molecule has 0 aliphatic heterocycles. The van der Waals surface area contributed by atoms with Crippen molar-refractivity contribution in [2.75, 3.05) is 11.1 Å². The van der Waals surface area contributed by atoms with Gasteiger partial charge in [-0.2, -0.15) is 0 Å². The van der Waals surface area contributed by atoms with Gasteiger partial charge in [0.1, 0.15) is 0 Å². The molecule has 0 fully saturated rings. The van der Waals surface area contributed by atoms with Gasteiger partial charge in [0.2, 0.25) is 5.91 Å². The first kappa shape index (κ1) is 21.5. The number of nitrogens with one attached hydrogen (secondary N) is 1. The smallest absolute Gasteiger partial charge is 0.234 e. The minimum Gasteiger partial charge on any atom is -0.545 e. The number of halogens is 1. The quantitative estimate of drug-likeness (QED) is 0.418. The highest BCUT2D eigenvalue weighted by atomic mass is 35.5. The molecule has 0 bridgehead atoms. The molecule has 0 aliphatic carbocycles. The molecule has 2 heterocycles. The number of thioether (sulfide) groups is 1. The number of nitrogens with zero attached hydrogens (tertiary/aromatic N) is 4. The minimum atomic E-state index is -1.31. The van der Waals surface area contributed by atoms with Gasteiger partial charge in [-0.3, -0.25) is 14.3 Å². The molecule has 0 spiro atoms. The number of benzene rings is 2. The van der Waals surface area contributed by atoms with E-state index in [0.717, 1.165) is 5.56 Å². The third-order valence-corrected chi connectivity index (χ3v) is 5.61. The van der Waals surface area contributed by atoms with E-state index >= 15 is 0 Å². The molecule has 10 heteroatoms. The average molecular weight is 465 g/mol. The third-order valence-electron chi connectivity index (χ3n) is 4.36. The van der Waals surface area contributed by atoms with Gasteiger partial charge in [0, 0.05) is 23.6 Å². The van der Waals surface area contributed by atoms with Crippen LogP contribution in [0.3, 0.4) is 0 Å². The van der Waals surface area contributed by atoms with Crippen molar-refractivity contribution < 1.29 is 14.7 Å². The predicted molar refractivity (Wildman–Crippen MR) is 120 cm³/mol. The first-order valence-corrected chi connectivity index (χ1v) is 10.7. The van der Waals surface area contributed by atoms with Gasteiger partial charge in [0.25, 0.3) is 0 Å². The summed E-state index contributed by atoms with van der Waals surface area (Å²) in [5.41, 5.74) is 1.76. The van der Waals surface area contributed by atoms with E-state index in [1.165, 1.54) is 30.0 Å². The highest BCUT2D eigenvalue weighted by Gasteiger charge is 2.19. The van der Waals surface area contributed by atoms with E-state index in [2.05, 4.69) is 20.5 Å². The van der Waals surface area contributed by atoms with Gasteiger partial charge in [-0.05, 0) is 42.0 Å². The second-order valence-corrected chi connectivity index (χ2v) is 7.89. The van der Waals surface area contributed by atoms with E-state index in [4.69, 9.17) is 11.6 Å². The monoisotopic (exact) mass is 464 g/mol. The Morgan fingerprint density at radius 3 is 2.66 bits per heavy atom. The van der Waals surface area contributed by atoms with E-state index in [1.807, 2.05) is 24.3 Å². The largest absolute Gasteiger partial charge is 0.545 e. The summed E-state index contributed by atoms with van der Waals surface area (Å²) in [6, 6.07) is 16.8. The van der Waals surface area contributed by atoms with Crippen LogP contribution in [0.25, 0.3) is 17.1 Å². The molecule has 2 aromatic heterocycles. The number of carboxylic acids is 1. The molecule has 1 amide bonds. The van der Waals surface area contributed by atoms with Crippen LogP contribution in [0.5, 0.6) is 0 Å². The van der Waals surface area contributed by atoms with Crippen molar-refractivity contribution in [3.63, 3.8) is 0 Å². The number of para-hydroxylation sites is 1. The summed E-state index contributed by atoms with van der Waals surface area (Å²) >= 11 is 7.60. The van der Waals surface area contributed by atoms with E-state index in [-0.39, 0.29) is 17.2 Å². The fraction of sp³-hybridized carbons (Fsp3) is 0.0455. The molecular weight excluding hydrogens is 450 g/mol. The Morgan fingerprint density at radius 2 is 1.91 bits per heavy atom. The van der Waals surface area contributed by atoms with Crippen LogP contribution in [0.1, 0.15) is 10.4 Å². The SMILES string of the molecule is O=C(CSc1nnc(-c2cccnc2)n1-c1ccccc1Cl)Nc1cccc(C(=O)[O-])c1. The second-order valence-electron chi connectivity index (χ2n) is 6.54. The Hall–Kier alpha value is -3.69. The Labute approximate surface area is 192 Å². The Balaban J connectivity index is 1.58. The zero-order chi connectivity index (χ0) is 22.5. The van der Waals surface area contributed by atoms with Gasteiger partial charge in [0.15, 0.2) is 11.0 Å². The molecule has 0 saturated carbocycles. The number of hydrogen-bond acceptors (Lipinski definition) is 7. The van der Waals surface area contributed by atoms with E-state index in [9.17, 15) is 14.7 Å². The molecule has 8 nitrogen and oxygen atoms in total. The van der Waals surface area contributed by atoms with Gasteiger partial charge >= 0.3 is 0 Å². The number of carbonyl (C=O) groups is 2. The zero-order valence-corrected chi connectivity index (χ0v) is 18.0. The van der Waals surface area contributed by atoms with Crippen molar-refractivity contribution in [2.24, 2.45) is 0 Å². The van der Waals surface area contributed by atoms with Gasteiger partial charge in [0.05, 0.1) is 22.4 Å². The van der Waals surface area contributed by atoms with Crippen LogP contribution < -0.4 is 10.4 Å². The van der Waals surface area contributed by atoms with E-state index < -0.39 is 5.97 Å². The Kier molecular flexibility index (Phi) is 6.48. The van der Waals surface area contributed by atoms with Crippen LogP contribution in [-0.4, -0.2) is 37.4 Å². The maximum absolute atomic E-state index is 12.5.